The van der Waals surface area contributed by atoms with E-state index in [1.165, 1.54) is 18.2 Å². The Labute approximate surface area is 163 Å². The first-order chi connectivity index (χ1) is 12.9. The van der Waals surface area contributed by atoms with Gasteiger partial charge in [-0.2, -0.15) is 0 Å². The van der Waals surface area contributed by atoms with Gasteiger partial charge in [0.1, 0.15) is 0 Å². The summed E-state index contributed by atoms with van der Waals surface area (Å²) in [5, 5.41) is 3.39. The number of nitrogens with one attached hydrogen (secondary N) is 2. The zero-order valence-corrected chi connectivity index (χ0v) is 15.8. The maximum atomic E-state index is 12.5. The van der Waals surface area contributed by atoms with Crippen molar-refractivity contribution >= 4 is 33.2 Å². The number of carbonyl (C=O) groups is 1. The number of halogens is 1. The Hall–Kier alpha value is -2.83. The Balaban J connectivity index is 1.72. The minimum absolute atomic E-state index is 0.0190. The molecule has 0 aliphatic rings. The van der Waals surface area contributed by atoms with E-state index >= 15 is 0 Å². The lowest BCUT2D eigenvalue weighted by Gasteiger charge is -2.10. The third-order valence-electron chi connectivity index (χ3n) is 3.80. The number of para-hydroxylation sites is 1. The van der Waals surface area contributed by atoms with Crippen molar-refractivity contribution in [3.05, 3.63) is 95.0 Å². The molecule has 0 aliphatic heterocycles. The Bertz CT molecular complexity index is 1040. The van der Waals surface area contributed by atoms with Crippen LogP contribution in [-0.4, -0.2) is 14.3 Å². The van der Waals surface area contributed by atoms with Crippen LogP contribution in [0.4, 0.5) is 5.69 Å². The van der Waals surface area contributed by atoms with Gasteiger partial charge in [0, 0.05) is 22.8 Å². The van der Waals surface area contributed by atoms with Crippen molar-refractivity contribution in [1.29, 1.82) is 0 Å². The van der Waals surface area contributed by atoms with Crippen LogP contribution in [0.15, 0.2) is 83.8 Å². The van der Waals surface area contributed by atoms with E-state index < -0.39 is 10.0 Å². The van der Waals surface area contributed by atoms with Gasteiger partial charge in [0.05, 0.1) is 4.90 Å². The summed E-state index contributed by atoms with van der Waals surface area (Å²) in [5.74, 6) is -0.360. The Morgan fingerprint density at radius 3 is 2.30 bits per heavy atom. The smallest absolute Gasteiger partial charge is 0.261 e. The van der Waals surface area contributed by atoms with Gasteiger partial charge in [-0.05, 0) is 48.0 Å². The Kier molecular flexibility index (Phi) is 5.78. The van der Waals surface area contributed by atoms with Crippen molar-refractivity contribution in [3.63, 3.8) is 0 Å². The normalized spacial score (nSPS) is 11.0. The van der Waals surface area contributed by atoms with E-state index in [0.717, 1.165) is 5.56 Å². The molecular weight excluding hydrogens is 384 g/mol. The van der Waals surface area contributed by atoms with E-state index in [2.05, 4.69) is 10.0 Å². The number of benzene rings is 3. The molecule has 0 fully saturated rings. The third-order valence-corrected chi connectivity index (χ3v) is 5.43. The molecule has 0 saturated heterocycles. The molecule has 3 aromatic rings. The summed E-state index contributed by atoms with van der Waals surface area (Å²) >= 11 is 5.84. The monoisotopic (exact) mass is 400 g/mol. The van der Waals surface area contributed by atoms with E-state index in [1.807, 2.05) is 12.1 Å². The summed E-state index contributed by atoms with van der Waals surface area (Å²) in [7, 11) is -3.79. The second-order valence-electron chi connectivity index (χ2n) is 5.81. The van der Waals surface area contributed by atoms with Crippen LogP contribution in [0.25, 0.3) is 0 Å². The lowest BCUT2D eigenvalue weighted by Crippen LogP contribution is -2.23. The maximum absolute atomic E-state index is 12.5. The first-order valence-electron chi connectivity index (χ1n) is 8.15. The van der Waals surface area contributed by atoms with E-state index in [0.29, 0.717) is 17.3 Å². The lowest BCUT2D eigenvalue weighted by molar-refractivity contribution is 0.0950. The molecule has 0 aliphatic carbocycles. The topological polar surface area (TPSA) is 75.3 Å². The number of carbonyl (C=O) groups excluding carboxylic acids is 1. The second kappa shape index (κ2) is 8.24. The number of sulfonamides is 1. The molecule has 0 atom stereocenters. The lowest BCUT2D eigenvalue weighted by atomic mass is 10.2. The van der Waals surface area contributed by atoms with Crippen LogP contribution in [0.2, 0.25) is 5.02 Å². The van der Waals surface area contributed by atoms with E-state index in [4.69, 9.17) is 11.6 Å². The Morgan fingerprint density at radius 2 is 1.59 bits per heavy atom. The second-order valence-corrected chi connectivity index (χ2v) is 7.93. The first kappa shape index (κ1) is 18.9. The van der Waals surface area contributed by atoms with Gasteiger partial charge < -0.3 is 5.32 Å². The molecule has 0 saturated carbocycles. The van der Waals surface area contributed by atoms with Gasteiger partial charge in [0.25, 0.3) is 15.9 Å². The molecule has 0 radical (unpaired) electrons. The van der Waals surface area contributed by atoms with Gasteiger partial charge in [-0.1, -0.05) is 48.0 Å². The third kappa shape index (κ3) is 5.09. The van der Waals surface area contributed by atoms with Crippen LogP contribution < -0.4 is 10.0 Å². The highest BCUT2D eigenvalue weighted by Gasteiger charge is 2.16. The molecule has 0 unspecified atom stereocenters. The van der Waals surface area contributed by atoms with Crippen LogP contribution in [0.3, 0.4) is 0 Å². The van der Waals surface area contributed by atoms with Crippen molar-refractivity contribution in [1.82, 2.24) is 5.32 Å². The fraction of sp³-hybridized carbons (Fsp3) is 0.0500. The molecule has 0 heterocycles. The molecule has 2 N–H and O–H groups in total. The summed E-state index contributed by atoms with van der Waals surface area (Å²) in [6.07, 6.45) is 0. The van der Waals surface area contributed by atoms with Crippen LogP contribution in [0.5, 0.6) is 0 Å². The quantitative estimate of drug-likeness (QED) is 0.654. The van der Waals surface area contributed by atoms with Crippen LogP contribution in [0.1, 0.15) is 15.9 Å². The molecule has 3 aromatic carbocycles. The van der Waals surface area contributed by atoms with Gasteiger partial charge in [-0.3, -0.25) is 9.52 Å². The summed E-state index contributed by atoms with van der Waals surface area (Å²) in [5.41, 5.74) is 1.61. The van der Waals surface area contributed by atoms with Gasteiger partial charge in [-0.15, -0.1) is 0 Å². The molecule has 1 amide bonds. The zero-order valence-electron chi connectivity index (χ0n) is 14.2. The molecule has 138 valence electrons. The van der Waals surface area contributed by atoms with Crippen molar-refractivity contribution in [3.8, 4) is 0 Å². The van der Waals surface area contributed by atoms with Crippen molar-refractivity contribution < 1.29 is 13.2 Å². The summed E-state index contributed by atoms with van der Waals surface area (Å²) in [6.45, 7) is 0.315. The van der Waals surface area contributed by atoms with E-state index in [9.17, 15) is 13.2 Å². The van der Waals surface area contributed by atoms with E-state index in [-0.39, 0.29) is 16.4 Å². The maximum Gasteiger partial charge on any atom is 0.261 e. The number of rotatable bonds is 6. The average Bonchev–Trinajstić information content (AvgIpc) is 2.68. The standard InChI is InChI=1S/C20H17ClN2O3S/c21-17-11-9-15(10-12-17)14-22-20(24)16-5-4-8-19(13-16)27(25,26)23-18-6-2-1-3-7-18/h1-13,23H,14H2,(H,22,24). The molecule has 7 heteroatoms. The predicted octanol–water partition coefficient (Wildman–Crippen LogP) is 4.07. The highest BCUT2D eigenvalue weighted by Crippen LogP contribution is 2.17. The van der Waals surface area contributed by atoms with Gasteiger partial charge in [-0.25, -0.2) is 8.42 Å². The number of hydrogen-bond donors (Lipinski definition) is 2. The first-order valence-corrected chi connectivity index (χ1v) is 10.0. The predicted molar refractivity (Wildman–Crippen MR) is 106 cm³/mol. The summed E-state index contributed by atoms with van der Waals surface area (Å²) < 4.78 is 27.6. The summed E-state index contributed by atoms with van der Waals surface area (Å²) in [6, 6.07) is 21.6. The largest absolute Gasteiger partial charge is 0.348 e. The average molecular weight is 401 g/mol. The summed E-state index contributed by atoms with van der Waals surface area (Å²) in [4.78, 5) is 12.4. The molecular formula is C20H17ClN2O3S. The van der Waals surface area contributed by atoms with Gasteiger partial charge in [0.15, 0.2) is 0 Å². The molecule has 5 nitrogen and oxygen atoms in total. The minimum Gasteiger partial charge on any atom is -0.348 e. The zero-order chi connectivity index (χ0) is 19.3. The Morgan fingerprint density at radius 1 is 0.889 bits per heavy atom. The highest BCUT2D eigenvalue weighted by atomic mass is 35.5. The minimum atomic E-state index is -3.79. The van der Waals surface area contributed by atoms with Crippen LogP contribution in [-0.2, 0) is 16.6 Å². The molecule has 0 spiro atoms. The van der Waals surface area contributed by atoms with Crippen molar-refractivity contribution in [2.75, 3.05) is 4.72 Å². The van der Waals surface area contributed by atoms with E-state index in [1.54, 1.807) is 48.5 Å². The number of anilines is 1. The fourth-order valence-corrected chi connectivity index (χ4v) is 3.64. The molecule has 0 bridgehead atoms. The number of hydrogen-bond acceptors (Lipinski definition) is 3. The molecule has 3 rings (SSSR count). The highest BCUT2D eigenvalue weighted by molar-refractivity contribution is 7.92. The van der Waals surface area contributed by atoms with Crippen LogP contribution in [0, 0.1) is 0 Å². The van der Waals surface area contributed by atoms with Crippen molar-refractivity contribution in [2.45, 2.75) is 11.4 Å². The van der Waals surface area contributed by atoms with Crippen molar-refractivity contribution in [2.24, 2.45) is 0 Å². The molecule has 27 heavy (non-hydrogen) atoms. The van der Waals surface area contributed by atoms with Gasteiger partial charge >= 0.3 is 0 Å². The fourth-order valence-electron chi connectivity index (χ4n) is 2.41. The van der Waals surface area contributed by atoms with Gasteiger partial charge in [0.2, 0.25) is 0 Å². The number of amides is 1. The molecule has 0 aromatic heterocycles. The SMILES string of the molecule is O=C(NCc1ccc(Cl)cc1)c1cccc(S(=O)(=O)Nc2ccccc2)c1. The van der Waals surface area contributed by atoms with Crippen LogP contribution >= 0.6 is 11.6 Å².